The predicted octanol–water partition coefficient (Wildman–Crippen LogP) is 2.23. The van der Waals surface area contributed by atoms with Crippen LogP contribution in [0.4, 0.5) is 0 Å². The van der Waals surface area contributed by atoms with E-state index in [0.717, 1.165) is 5.56 Å². The molecule has 0 aromatic heterocycles. The van der Waals surface area contributed by atoms with E-state index < -0.39 is 6.10 Å². The summed E-state index contributed by atoms with van der Waals surface area (Å²) in [5.41, 5.74) is 2.08. The van der Waals surface area contributed by atoms with Crippen LogP contribution in [0.2, 0.25) is 0 Å². The molecular weight excluding hydrogens is 372 g/mol. The first kappa shape index (κ1) is 20.7. The molecule has 1 aliphatic rings. The van der Waals surface area contributed by atoms with Crippen LogP contribution >= 0.6 is 0 Å². The number of ether oxygens (including phenoxy) is 2. The molecule has 3 N–H and O–H groups in total. The van der Waals surface area contributed by atoms with E-state index in [2.05, 4.69) is 31.4 Å². The van der Waals surface area contributed by atoms with E-state index in [1.807, 2.05) is 12.1 Å². The normalized spacial score (nSPS) is 13.7. The van der Waals surface area contributed by atoms with E-state index in [1.54, 1.807) is 30.3 Å². The SMILES string of the molecule is CC(C)(C)c1ccc(C(=O)NCC(O)CNC(=O)c2ccc3c(c2)OCO3)cc1. The Morgan fingerprint density at radius 3 is 2.10 bits per heavy atom. The number of nitrogens with one attached hydrogen (secondary N) is 2. The van der Waals surface area contributed by atoms with E-state index >= 15 is 0 Å². The Hall–Kier alpha value is -3.06. The minimum absolute atomic E-state index is 0.0104. The molecule has 0 saturated carbocycles. The van der Waals surface area contributed by atoms with Crippen LogP contribution in [0.3, 0.4) is 0 Å². The summed E-state index contributed by atoms with van der Waals surface area (Å²) in [6, 6.07) is 12.3. The average Bonchev–Trinajstić information content (AvgIpc) is 3.17. The van der Waals surface area contributed by atoms with E-state index in [-0.39, 0.29) is 37.1 Å². The minimum atomic E-state index is -0.911. The van der Waals surface area contributed by atoms with Crippen molar-refractivity contribution in [1.82, 2.24) is 10.6 Å². The summed E-state index contributed by atoms with van der Waals surface area (Å²) in [6.45, 7) is 6.50. The number of amides is 2. The lowest BCUT2D eigenvalue weighted by atomic mass is 9.87. The molecule has 1 heterocycles. The highest BCUT2D eigenvalue weighted by Gasteiger charge is 2.17. The summed E-state index contributed by atoms with van der Waals surface area (Å²) in [6.07, 6.45) is -0.911. The number of hydrogen-bond donors (Lipinski definition) is 3. The van der Waals surface area contributed by atoms with Crippen molar-refractivity contribution in [3.63, 3.8) is 0 Å². The molecule has 2 aromatic carbocycles. The molecule has 0 spiro atoms. The molecule has 3 rings (SSSR count). The van der Waals surface area contributed by atoms with Gasteiger partial charge in [0, 0.05) is 24.2 Å². The van der Waals surface area contributed by atoms with Gasteiger partial charge in [-0.15, -0.1) is 0 Å². The van der Waals surface area contributed by atoms with Crippen molar-refractivity contribution < 1.29 is 24.2 Å². The predicted molar refractivity (Wildman–Crippen MR) is 108 cm³/mol. The van der Waals surface area contributed by atoms with Gasteiger partial charge in [-0.3, -0.25) is 9.59 Å². The molecular formula is C22H26N2O5. The van der Waals surface area contributed by atoms with Gasteiger partial charge in [0.15, 0.2) is 11.5 Å². The largest absolute Gasteiger partial charge is 0.454 e. The quantitative estimate of drug-likeness (QED) is 0.693. The molecule has 1 aliphatic heterocycles. The number of rotatable bonds is 6. The van der Waals surface area contributed by atoms with Gasteiger partial charge in [0.1, 0.15) is 0 Å². The van der Waals surface area contributed by atoms with Crippen LogP contribution in [0.15, 0.2) is 42.5 Å². The zero-order valence-electron chi connectivity index (χ0n) is 16.8. The average molecular weight is 398 g/mol. The highest BCUT2D eigenvalue weighted by Crippen LogP contribution is 2.32. The van der Waals surface area contributed by atoms with Crippen LogP contribution in [0.5, 0.6) is 11.5 Å². The second-order valence-electron chi connectivity index (χ2n) is 7.97. The molecule has 0 bridgehead atoms. The lowest BCUT2D eigenvalue weighted by molar-refractivity contribution is 0.0884. The Kier molecular flexibility index (Phi) is 6.08. The molecule has 154 valence electrons. The number of fused-ring (bicyclic) bond motifs is 1. The third kappa shape index (κ3) is 5.26. The van der Waals surface area contributed by atoms with Crippen LogP contribution in [-0.4, -0.2) is 42.9 Å². The highest BCUT2D eigenvalue weighted by atomic mass is 16.7. The molecule has 29 heavy (non-hydrogen) atoms. The number of benzene rings is 2. The zero-order chi connectivity index (χ0) is 21.0. The monoisotopic (exact) mass is 398 g/mol. The van der Waals surface area contributed by atoms with Gasteiger partial charge >= 0.3 is 0 Å². The molecule has 7 heteroatoms. The smallest absolute Gasteiger partial charge is 0.251 e. The molecule has 2 aromatic rings. The van der Waals surface area contributed by atoms with Crippen molar-refractivity contribution in [2.75, 3.05) is 19.9 Å². The van der Waals surface area contributed by atoms with E-state index in [1.165, 1.54) is 0 Å². The number of carbonyl (C=O) groups excluding carboxylic acids is 2. The third-order valence-electron chi connectivity index (χ3n) is 4.64. The lowest BCUT2D eigenvalue weighted by Crippen LogP contribution is -2.40. The number of aliphatic hydroxyl groups excluding tert-OH is 1. The van der Waals surface area contributed by atoms with Gasteiger partial charge in [-0.2, -0.15) is 0 Å². The number of carbonyl (C=O) groups is 2. The molecule has 1 atom stereocenters. The summed E-state index contributed by atoms with van der Waals surface area (Å²) in [5.74, 6) is 0.501. The van der Waals surface area contributed by atoms with Crippen LogP contribution < -0.4 is 20.1 Å². The van der Waals surface area contributed by atoms with Crippen molar-refractivity contribution in [2.24, 2.45) is 0 Å². The Balaban J connectivity index is 1.45. The summed E-state index contributed by atoms with van der Waals surface area (Å²) in [4.78, 5) is 24.5. The molecule has 2 amide bonds. The van der Waals surface area contributed by atoms with Crippen LogP contribution in [0.25, 0.3) is 0 Å². The number of aliphatic hydroxyl groups is 1. The van der Waals surface area contributed by atoms with Gasteiger partial charge in [0.25, 0.3) is 11.8 Å². The minimum Gasteiger partial charge on any atom is -0.454 e. The fraction of sp³-hybridized carbons (Fsp3) is 0.364. The van der Waals surface area contributed by atoms with Crippen LogP contribution in [-0.2, 0) is 5.41 Å². The van der Waals surface area contributed by atoms with Crippen molar-refractivity contribution in [2.45, 2.75) is 32.3 Å². The van der Waals surface area contributed by atoms with Gasteiger partial charge in [-0.05, 0) is 41.3 Å². The van der Waals surface area contributed by atoms with E-state index in [4.69, 9.17) is 9.47 Å². The highest BCUT2D eigenvalue weighted by molar-refractivity contribution is 5.95. The Morgan fingerprint density at radius 2 is 1.48 bits per heavy atom. The molecule has 0 radical (unpaired) electrons. The topological polar surface area (TPSA) is 96.9 Å². The first-order valence-electron chi connectivity index (χ1n) is 9.49. The van der Waals surface area contributed by atoms with Gasteiger partial charge in [-0.1, -0.05) is 32.9 Å². The maximum atomic E-state index is 12.2. The van der Waals surface area contributed by atoms with Crippen molar-refractivity contribution in [3.05, 3.63) is 59.2 Å². The molecule has 1 unspecified atom stereocenters. The van der Waals surface area contributed by atoms with E-state index in [9.17, 15) is 14.7 Å². The maximum absolute atomic E-state index is 12.2. The van der Waals surface area contributed by atoms with Crippen molar-refractivity contribution >= 4 is 11.8 Å². The van der Waals surface area contributed by atoms with E-state index in [0.29, 0.717) is 22.6 Å². The number of hydrogen-bond acceptors (Lipinski definition) is 5. The Bertz CT molecular complexity index is 887. The second kappa shape index (κ2) is 8.53. The third-order valence-corrected chi connectivity index (χ3v) is 4.64. The lowest BCUT2D eigenvalue weighted by Gasteiger charge is -2.19. The maximum Gasteiger partial charge on any atom is 0.251 e. The summed E-state index contributed by atoms with van der Waals surface area (Å²) in [5, 5.41) is 15.4. The summed E-state index contributed by atoms with van der Waals surface area (Å²) < 4.78 is 10.5. The summed E-state index contributed by atoms with van der Waals surface area (Å²) in [7, 11) is 0. The fourth-order valence-electron chi connectivity index (χ4n) is 2.86. The van der Waals surface area contributed by atoms with Gasteiger partial charge in [-0.25, -0.2) is 0 Å². The molecule has 7 nitrogen and oxygen atoms in total. The summed E-state index contributed by atoms with van der Waals surface area (Å²) >= 11 is 0. The van der Waals surface area contributed by atoms with Crippen molar-refractivity contribution in [1.29, 1.82) is 0 Å². The van der Waals surface area contributed by atoms with Crippen LogP contribution in [0, 0.1) is 0 Å². The first-order valence-corrected chi connectivity index (χ1v) is 9.49. The van der Waals surface area contributed by atoms with Crippen LogP contribution in [0.1, 0.15) is 47.1 Å². The first-order chi connectivity index (χ1) is 13.7. The fourth-order valence-corrected chi connectivity index (χ4v) is 2.86. The molecule has 0 fully saturated rings. The molecule has 0 aliphatic carbocycles. The Morgan fingerprint density at radius 1 is 0.931 bits per heavy atom. The van der Waals surface area contributed by atoms with Gasteiger partial charge < -0.3 is 25.2 Å². The molecule has 0 saturated heterocycles. The zero-order valence-corrected chi connectivity index (χ0v) is 16.8. The standard InChI is InChI=1S/C22H26N2O5/c1-22(2,3)16-7-4-14(5-8-16)20(26)23-11-17(25)12-24-21(27)15-6-9-18-19(10-15)29-13-28-18/h4-10,17,25H,11-13H2,1-3H3,(H,23,26)(H,24,27). The van der Waals surface area contributed by atoms with Crippen molar-refractivity contribution in [3.8, 4) is 11.5 Å². The van der Waals surface area contributed by atoms with Gasteiger partial charge in [0.05, 0.1) is 6.10 Å². The van der Waals surface area contributed by atoms with Gasteiger partial charge in [0.2, 0.25) is 6.79 Å². The Labute approximate surface area is 170 Å². The second-order valence-corrected chi connectivity index (χ2v) is 7.97.